The molecule has 6 N–H and O–H groups in total. The minimum absolute atomic E-state index is 0.196. The van der Waals surface area contributed by atoms with Crippen LogP contribution in [-0.2, 0) is 19.4 Å². The molecule has 13 heteroatoms. The molecule has 6 unspecified atom stereocenters. The standard InChI is InChI=1S/C15H21NO10S2/c17-7-10-12(19)13(20)14(21)15(25-10)27-11(16-26-28(22,23)24)6-9(18)8-4-2-1-3-5-8/h1-5,9-10,12-15,17-21H,6-7H2,(H,22,23,24)/b16-11+. The lowest BCUT2D eigenvalue weighted by Crippen LogP contribution is -2.57. The fourth-order valence-electron chi connectivity index (χ4n) is 2.45. The number of aliphatic hydroxyl groups is 5. The van der Waals surface area contributed by atoms with Crippen LogP contribution in [0, 0.1) is 0 Å². The normalized spacial score (nSPS) is 30.1. The summed E-state index contributed by atoms with van der Waals surface area (Å²) in [5.41, 5.74) is -0.793. The molecule has 1 fully saturated rings. The third-order valence-electron chi connectivity index (χ3n) is 3.89. The summed E-state index contributed by atoms with van der Waals surface area (Å²) in [7, 11) is -4.92. The van der Waals surface area contributed by atoms with Crippen molar-refractivity contribution in [2.75, 3.05) is 6.61 Å². The Hall–Kier alpha value is -1.29. The predicted molar refractivity (Wildman–Crippen MR) is 97.4 cm³/mol. The number of ether oxygens (including phenoxy) is 1. The Kier molecular flexibility index (Phi) is 8.18. The van der Waals surface area contributed by atoms with Gasteiger partial charge in [-0.25, -0.2) is 4.28 Å². The second-order valence-corrected chi connectivity index (χ2v) is 8.11. The summed E-state index contributed by atoms with van der Waals surface area (Å²) in [4.78, 5) is 0. The molecule has 0 saturated carbocycles. The third-order valence-corrected chi connectivity index (χ3v) is 5.28. The molecule has 28 heavy (non-hydrogen) atoms. The largest absolute Gasteiger partial charge is 0.466 e. The van der Waals surface area contributed by atoms with Gasteiger partial charge in [0.05, 0.1) is 12.7 Å². The van der Waals surface area contributed by atoms with Crippen LogP contribution in [-0.4, -0.2) is 80.0 Å². The Labute approximate surface area is 165 Å². The first kappa shape index (κ1) is 23.0. The summed E-state index contributed by atoms with van der Waals surface area (Å²) in [6, 6.07) is 8.31. The van der Waals surface area contributed by atoms with E-state index in [1.165, 1.54) is 0 Å². The van der Waals surface area contributed by atoms with Crippen LogP contribution in [0.3, 0.4) is 0 Å². The highest BCUT2D eigenvalue weighted by Crippen LogP contribution is 2.32. The van der Waals surface area contributed by atoms with Crippen LogP contribution in [0.25, 0.3) is 0 Å². The molecule has 0 radical (unpaired) electrons. The zero-order chi connectivity index (χ0) is 20.9. The number of rotatable bonds is 7. The highest BCUT2D eigenvalue weighted by atomic mass is 32.3. The lowest BCUT2D eigenvalue weighted by atomic mass is 10.0. The van der Waals surface area contributed by atoms with Gasteiger partial charge in [0.2, 0.25) is 0 Å². The molecule has 0 aromatic heterocycles. The topological polar surface area (TPSA) is 186 Å². The fourth-order valence-corrected chi connectivity index (χ4v) is 3.79. The van der Waals surface area contributed by atoms with Gasteiger partial charge in [0.15, 0.2) is 0 Å². The van der Waals surface area contributed by atoms with Gasteiger partial charge in [0.25, 0.3) is 0 Å². The SMILES string of the molecule is O=S(=O)(O)O/N=C(\CC(O)c1ccccc1)SC1OC(CO)C(O)C(O)C1O. The summed E-state index contributed by atoms with van der Waals surface area (Å²) < 4.78 is 39.6. The van der Waals surface area contributed by atoms with E-state index in [0.717, 1.165) is 0 Å². The molecule has 0 aliphatic carbocycles. The summed E-state index contributed by atoms with van der Waals surface area (Å²) in [5.74, 6) is 0. The van der Waals surface area contributed by atoms with Gasteiger partial charge < -0.3 is 30.3 Å². The van der Waals surface area contributed by atoms with Crippen LogP contribution < -0.4 is 0 Å². The molecule has 1 aromatic carbocycles. The number of nitrogens with zero attached hydrogens (tertiary/aromatic N) is 1. The molecule has 1 saturated heterocycles. The Balaban J connectivity index is 2.19. The molecule has 0 amide bonds. The summed E-state index contributed by atoms with van der Waals surface area (Å²) in [6.07, 6.45) is -7.43. The number of hydrogen-bond donors (Lipinski definition) is 6. The maximum absolute atomic E-state index is 10.8. The average molecular weight is 439 g/mol. The van der Waals surface area contributed by atoms with E-state index in [4.69, 9.17) is 9.29 Å². The van der Waals surface area contributed by atoms with E-state index in [2.05, 4.69) is 9.44 Å². The molecular formula is C15H21NO10S2. The van der Waals surface area contributed by atoms with Gasteiger partial charge in [-0.2, -0.15) is 8.42 Å². The number of benzene rings is 1. The maximum Gasteiger partial charge on any atom is 0.466 e. The predicted octanol–water partition coefficient (Wildman–Crippen LogP) is -1.22. The van der Waals surface area contributed by atoms with Crippen LogP contribution in [0.2, 0.25) is 0 Å². The molecule has 11 nitrogen and oxygen atoms in total. The Bertz CT molecular complexity index is 757. The molecule has 1 aromatic rings. The van der Waals surface area contributed by atoms with E-state index in [1.54, 1.807) is 30.3 Å². The van der Waals surface area contributed by atoms with Gasteiger partial charge in [0, 0.05) is 6.42 Å². The van der Waals surface area contributed by atoms with E-state index >= 15 is 0 Å². The first-order valence-corrected chi connectivity index (χ1v) is 10.3. The van der Waals surface area contributed by atoms with E-state index in [1.807, 2.05) is 0 Å². The smallest absolute Gasteiger partial charge is 0.394 e. The Morgan fingerprint density at radius 1 is 1.18 bits per heavy atom. The van der Waals surface area contributed by atoms with Crippen molar-refractivity contribution in [1.29, 1.82) is 0 Å². The molecular weight excluding hydrogens is 418 g/mol. The van der Waals surface area contributed by atoms with E-state index in [9.17, 15) is 34.0 Å². The van der Waals surface area contributed by atoms with Crippen LogP contribution in [0.15, 0.2) is 35.5 Å². The molecule has 1 aliphatic rings. The molecule has 1 heterocycles. The van der Waals surface area contributed by atoms with Crippen LogP contribution in [0.4, 0.5) is 0 Å². The van der Waals surface area contributed by atoms with Crippen LogP contribution in [0.5, 0.6) is 0 Å². The summed E-state index contributed by atoms with van der Waals surface area (Å²) in [5, 5.41) is 52.3. The molecule has 0 spiro atoms. The zero-order valence-corrected chi connectivity index (χ0v) is 16.0. The van der Waals surface area contributed by atoms with Crippen molar-refractivity contribution < 1.29 is 47.5 Å². The second kappa shape index (κ2) is 9.96. The third kappa shape index (κ3) is 6.37. The number of oxime groups is 1. The molecule has 6 atom stereocenters. The van der Waals surface area contributed by atoms with Crippen molar-refractivity contribution >= 4 is 27.2 Å². The second-order valence-electron chi connectivity index (χ2n) is 5.93. The van der Waals surface area contributed by atoms with Gasteiger partial charge in [0.1, 0.15) is 34.9 Å². The summed E-state index contributed by atoms with van der Waals surface area (Å²) >= 11 is 0.597. The van der Waals surface area contributed by atoms with Gasteiger partial charge in [-0.3, -0.25) is 4.55 Å². The van der Waals surface area contributed by atoms with Crippen molar-refractivity contribution in [1.82, 2.24) is 0 Å². The van der Waals surface area contributed by atoms with Crippen molar-refractivity contribution in [2.45, 2.75) is 42.4 Å². The monoisotopic (exact) mass is 439 g/mol. The van der Waals surface area contributed by atoms with Gasteiger partial charge >= 0.3 is 10.4 Å². The highest BCUT2D eigenvalue weighted by molar-refractivity contribution is 8.14. The Morgan fingerprint density at radius 3 is 2.39 bits per heavy atom. The van der Waals surface area contributed by atoms with Gasteiger partial charge in [-0.15, -0.1) is 0 Å². The van der Waals surface area contributed by atoms with Crippen molar-refractivity contribution in [3.8, 4) is 0 Å². The minimum atomic E-state index is -4.92. The number of hydrogen-bond acceptors (Lipinski definition) is 11. The number of thioether (sulfide) groups is 1. The maximum atomic E-state index is 10.8. The first-order valence-electron chi connectivity index (χ1n) is 8.05. The molecule has 0 bridgehead atoms. The quantitative estimate of drug-likeness (QED) is 0.129. The minimum Gasteiger partial charge on any atom is -0.394 e. The van der Waals surface area contributed by atoms with Crippen molar-refractivity contribution in [3.63, 3.8) is 0 Å². The highest BCUT2D eigenvalue weighted by Gasteiger charge is 2.44. The zero-order valence-electron chi connectivity index (χ0n) is 14.3. The molecule has 1 aliphatic heterocycles. The number of aliphatic hydroxyl groups excluding tert-OH is 5. The van der Waals surface area contributed by atoms with E-state index < -0.39 is 53.0 Å². The van der Waals surface area contributed by atoms with Gasteiger partial charge in [-0.1, -0.05) is 47.2 Å². The summed E-state index contributed by atoms with van der Waals surface area (Å²) in [6.45, 7) is -0.650. The fraction of sp³-hybridized carbons (Fsp3) is 0.533. The van der Waals surface area contributed by atoms with E-state index in [0.29, 0.717) is 17.3 Å². The van der Waals surface area contributed by atoms with Crippen molar-refractivity contribution in [2.24, 2.45) is 5.16 Å². The Morgan fingerprint density at radius 2 is 1.82 bits per heavy atom. The first-order chi connectivity index (χ1) is 13.1. The van der Waals surface area contributed by atoms with E-state index in [-0.39, 0.29) is 11.5 Å². The molecule has 158 valence electrons. The van der Waals surface area contributed by atoms with Crippen LogP contribution >= 0.6 is 11.8 Å². The van der Waals surface area contributed by atoms with Crippen molar-refractivity contribution in [3.05, 3.63) is 35.9 Å². The van der Waals surface area contributed by atoms with Gasteiger partial charge in [-0.05, 0) is 5.56 Å². The lowest BCUT2D eigenvalue weighted by molar-refractivity contribution is -0.205. The average Bonchev–Trinajstić information content (AvgIpc) is 2.66. The molecule has 2 rings (SSSR count). The van der Waals surface area contributed by atoms with Crippen LogP contribution in [0.1, 0.15) is 18.1 Å². The lowest BCUT2D eigenvalue weighted by Gasteiger charge is -2.39.